The molecule has 3 aromatic rings. The van der Waals surface area contributed by atoms with Gasteiger partial charge in [0.25, 0.3) is 5.91 Å². The van der Waals surface area contributed by atoms with Gasteiger partial charge in [-0.2, -0.15) is 5.10 Å². The van der Waals surface area contributed by atoms with Crippen molar-refractivity contribution in [3.8, 4) is 11.3 Å². The number of aromatic amines is 1. The van der Waals surface area contributed by atoms with Crippen LogP contribution in [0.4, 0.5) is 8.78 Å². The number of hydrogen-bond donors (Lipinski definition) is 3. The normalized spacial score (nSPS) is 12.0. The minimum absolute atomic E-state index is 0.121. The fourth-order valence-electron chi connectivity index (χ4n) is 2.44. The summed E-state index contributed by atoms with van der Waals surface area (Å²) >= 11 is 0. The van der Waals surface area contributed by atoms with Gasteiger partial charge in [-0.1, -0.05) is 24.3 Å². The number of nitrogens with one attached hydrogen (secondary N) is 2. The van der Waals surface area contributed by atoms with Crippen molar-refractivity contribution in [2.75, 3.05) is 6.54 Å². The number of carbonyl (C=O) groups is 1. The minimum Gasteiger partial charge on any atom is -0.387 e. The first-order valence-electron chi connectivity index (χ1n) is 7.56. The fraction of sp³-hybridized carbons (Fsp3) is 0.111. The number of carbonyl (C=O) groups excluding carboxylic acids is 1. The maximum atomic E-state index is 13.9. The number of aliphatic hydroxyl groups is 1. The van der Waals surface area contributed by atoms with E-state index in [1.165, 1.54) is 36.5 Å². The van der Waals surface area contributed by atoms with Gasteiger partial charge in [-0.15, -0.1) is 0 Å². The predicted octanol–water partition coefficient (Wildman–Crippen LogP) is 2.82. The second-order valence-electron chi connectivity index (χ2n) is 5.42. The van der Waals surface area contributed by atoms with Crippen molar-refractivity contribution in [2.45, 2.75) is 6.10 Å². The number of halogens is 2. The van der Waals surface area contributed by atoms with Crippen LogP contribution in [0.2, 0.25) is 0 Å². The number of hydrogen-bond acceptors (Lipinski definition) is 3. The van der Waals surface area contributed by atoms with Gasteiger partial charge < -0.3 is 10.4 Å². The number of aliphatic hydroxyl groups excluding tert-OH is 1. The van der Waals surface area contributed by atoms with Crippen LogP contribution in [0.5, 0.6) is 0 Å². The fourth-order valence-corrected chi connectivity index (χ4v) is 2.44. The zero-order valence-electron chi connectivity index (χ0n) is 13.0. The lowest BCUT2D eigenvalue weighted by molar-refractivity contribution is 0.0917. The Balaban J connectivity index is 1.73. The summed E-state index contributed by atoms with van der Waals surface area (Å²) in [7, 11) is 0. The maximum Gasteiger partial charge on any atom is 0.255 e. The zero-order valence-corrected chi connectivity index (χ0v) is 13.0. The quantitative estimate of drug-likeness (QED) is 0.667. The molecule has 1 amide bonds. The van der Waals surface area contributed by atoms with Crippen LogP contribution >= 0.6 is 0 Å². The molecule has 0 saturated heterocycles. The molecule has 1 unspecified atom stereocenters. The highest BCUT2D eigenvalue weighted by atomic mass is 19.1. The van der Waals surface area contributed by atoms with Gasteiger partial charge in [0.05, 0.1) is 23.6 Å². The number of aromatic nitrogens is 2. The summed E-state index contributed by atoms with van der Waals surface area (Å²) in [5, 5.41) is 19.0. The van der Waals surface area contributed by atoms with Gasteiger partial charge in [0.15, 0.2) is 0 Å². The van der Waals surface area contributed by atoms with Gasteiger partial charge in [0.2, 0.25) is 0 Å². The van der Waals surface area contributed by atoms with Crippen molar-refractivity contribution in [1.82, 2.24) is 15.5 Å². The summed E-state index contributed by atoms with van der Waals surface area (Å²) in [6.07, 6.45) is 0.217. The average molecular weight is 343 g/mol. The van der Waals surface area contributed by atoms with Gasteiger partial charge in [0, 0.05) is 12.1 Å². The lowest BCUT2D eigenvalue weighted by atomic mass is 10.1. The lowest BCUT2D eigenvalue weighted by Crippen LogP contribution is -2.28. The summed E-state index contributed by atoms with van der Waals surface area (Å²) in [4.78, 5) is 12.3. The summed E-state index contributed by atoms with van der Waals surface area (Å²) < 4.78 is 27.1. The molecule has 3 rings (SSSR count). The number of benzene rings is 2. The van der Waals surface area contributed by atoms with Crippen LogP contribution in [0.1, 0.15) is 22.0 Å². The third-order valence-electron chi connectivity index (χ3n) is 3.72. The van der Waals surface area contributed by atoms with Crippen LogP contribution in [-0.4, -0.2) is 27.8 Å². The van der Waals surface area contributed by atoms with Crippen LogP contribution in [0.25, 0.3) is 11.3 Å². The van der Waals surface area contributed by atoms with E-state index in [1.54, 1.807) is 18.2 Å². The molecule has 1 heterocycles. The average Bonchev–Trinajstić information content (AvgIpc) is 3.09. The smallest absolute Gasteiger partial charge is 0.255 e. The summed E-state index contributed by atoms with van der Waals surface area (Å²) in [6.45, 7) is -0.121. The molecule has 1 aromatic heterocycles. The molecule has 1 atom stereocenters. The van der Waals surface area contributed by atoms with Crippen LogP contribution in [-0.2, 0) is 0 Å². The van der Waals surface area contributed by atoms with Crippen LogP contribution in [0.15, 0.2) is 54.7 Å². The van der Waals surface area contributed by atoms with Crippen molar-refractivity contribution >= 4 is 5.91 Å². The SMILES string of the molecule is O=C(NCC(O)c1cccc(F)c1)c1cn[nH]c1-c1ccccc1F. The number of amides is 1. The maximum absolute atomic E-state index is 13.9. The van der Waals surface area contributed by atoms with E-state index in [1.807, 2.05) is 0 Å². The molecule has 0 fully saturated rings. The van der Waals surface area contributed by atoms with E-state index >= 15 is 0 Å². The first-order chi connectivity index (χ1) is 12.1. The highest BCUT2D eigenvalue weighted by Crippen LogP contribution is 2.24. The van der Waals surface area contributed by atoms with Gasteiger partial charge in [-0.3, -0.25) is 9.89 Å². The first kappa shape index (κ1) is 16.8. The van der Waals surface area contributed by atoms with E-state index in [9.17, 15) is 18.7 Å². The molecule has 0 bridgehead atoms. The third-order valence-corrected chi connectivity index (χ3v) is 3.72. The van der Waals surface area contributed by atoms with E-state index in [2.05, 4.69) is 15.5 Å². The second kappa shape index (κ2) is 7.23. The highest BCUT2D eigenvalue weighted by Gasteiger charge is 2.18. The molecule has 2 aromatic carbocycles. The second-order valence-corrected chi connectivity index (χ2v) is 5.42. The molecule has 0 aliphatic carbocycles. The molecule has 0 spiro atoms. The standard InChI is InChI=1S/C18H15F2N3O2/c19-12-5-3-4-11(8-12)16(24)10-21-18(25)14-9-22-23-17(14)13-6-1-2-7-15(13)20/h1-9,16,24H,10H2,(H,21,25)(H,22,23). The Kier molecular flexibility index (Phi) is 4.85. The van der Waals surface area contributed by atoms with Gasteiger partial charge in [-0.25, -0.2) is 8.78 Å². The lowest BCUT2D eigenvalue weighted by Gasteiger charge is -2.12. The Morgan fingerprint density at radius 3 is 2.76 bits per heavy atom. The summed E-state index contributed by atoms with van der Waals surface area (Å²) in [5.74, 6) is -1.48. The Morgan fingerprint density at radius 2 is 2.00 bits per heavy atom. The van der Waals surface area contributed by atoms with Crippen LogP contribution in [0, 0.1) is 11.6 Å². The molecule has 7 heteroatoms. The highest BCUT2D eigenvalue weighted by molar-refractivity contribution is 5.99. The summed E-state index contributed by atoms with van der Waals surface area (Å²) in [6, 6.07) is 11.5. The van der Waals surface area contributed by atoms with Crippen molar-refractivity contribution < 1.29 is 18.7 Å². The minimum atomic E-state index is -1.07. The predicted molar refractivity (Wildman–Crippen MR) is 87.7 cm³/mol. The van der Waals surface area contributed by atoms with Crippen molar-refractivity contribution in [2.24, 2.45) is 0 Å². The van der Waals surface area contributed by atoms with Crippen LogP contribution < -0.4 is 5.32 Å². The Labute approximate surface area is 142 Å². The Bertz CT molecular complexity index is 895. The first-order valence-corrected chi connectivity index (χ1v) is 7.56. The number of nitrogens with zero attached hydrogens (tertiary/aromatic N) is 1. The van der Waals surface area contributed by atoms with E-state index in [4.69, 9.17) is 0 Å². The topological polar surface area (TPSA) is 78.0 Å². The number of H-pyrrole nitrogens is 1. The Hall–Kier alpha value is -3.06. The molecule has 0 radical (unpaired) electrons. The third kappa shape index (κ3) is 3.72. The van der Waals surface area contributed by atoms with Crippen molar-refractivity contribution in [3.05, 3.63) is 77.5 Å². The molecular weight excluding hydrogens is 328 g/mol. The molecular formula is C18H15F2N3O2. The van der Waals surface area contributed by atoms with Crippen molar-refractivity contribution in [3.63, 3.8) is 0 Å². The molecule has 0 saturated carbocycles. The molecule has 3 N–H and O–H groups in total. The Morgan fingerprint density at radius 1 is 1.20 bits per heavy atom. The van der Waals surface area contributed by atoms with E-state index in [0.717, 1.165) is 0 Å². The summed E-state index contributed by atoms with van der Waals surface area (Å²) in [5.41, 5.74) is 0.963. The number of rotatable bonds is 5. The molecule has 25 heavy (non-hydrogen) atoms. The van der Waals surface area contributed by atoms with Gasteiger partial charge in [-0.05, 0) is 29.8 Å². The monoisotopic (exact) mass is 343 g/mol. The van der Waals surface area contributed by atoms with Gasteiger partial charge >= 0.3 is 0 Å². The van der Waals surface area contributed by atoms with E-state index in [0.29, 0.717) is 5.56 Å². The van der Waals surface area contributed by atoms with E-state index in [-0.39, 0.29) is 23.4 Å². The zero-order chi connectivity index (χ0) is 17.8. The largest absolute Gasteiger partial charge is 0.387 e. The molecule has 0 aliphatic heterocycles. The van der Waals surface area contributed by atoms with Crippen LogP contribution in [0.3, 0.4) is 0 Å². The molecule has 128 valence electrons. The van der Waals surface area contributed by atoms with Gasteiger partial charge in [0.1, 0.15) is 11.6 Å². The van der Waals surface area contributed by atoms with Crippen molar-refractivity contribution in [1.29, 1.82) is 0 Å². The molecule has 0 aliphatic rings. The van der Waals surface area contributed by atoms with E-state index < -0.39 is 23.6 Å². The molecule has 5 nitrogen and oxygen atoms in total.